The summed E-state index contributed by atoms with van der Waals surface area (Å²) < 4.78 is 2.04. The molecule has 0 fully saturated rings. The fraction of sp³-hybridized carbons (Fsp3) is 0.143. The van der Waals surface area contributed by atoms with Crippen LogP contribution in [0, 0.1) is 6.92 Å². The first-order valence-electron chi connectivity index (χ1n) is 5.73. The third kappa shape index (κ3) is 1.54. The predicted octanol–water partition coefficient (Wildman–Crippen LogP) is 2.65. The molecular weight excluding hydrogens is 226 g/mol. The van der Waals surface area contributed by atoms with Crippen LogP contribution < -0.4 is 0 Å². The van der Waals surface area contributed by atoms with Crippen molar-refractivity contribution in [3.8, 4) is 17.1 Å². The second-order valence-electron chi connectivity index (χ2n) is 4.36. The maximum Gasteiger partial charge on any atom is 0.141 e. The molecule has 0 radical (unpaired) electrons. The Morgan fingerprint density at radius 1 is 1.22 bits per heavy atom. The molecule has 4 nitrogen and oxygen atoms in total. The number of aryl methyl sites for hydroxylation is 2. The van der Waals surface area contributed by atoms with E-state index >= 15 is 0 Å². The molecule has 0 spiro atoms. The molecule has 3 rings (SSSR count). The van der Waals surface area contributed by atoms with E-state index in [9.17, 15) is 5.11 Å². The van der Waals surface area contributed by atoms with Gasteiger partial charge in [-0.25, -0.2) is 4.98 Å². The Morgan fingerprint density at radius 2 is 2.06 bits per heavy atom. The second kappa shape index (κ2) is 3.84. The number of rotatable bonds is 1. The molecule has 3 aromatic rings. The fourth-order valence-corrected chi connectivity index (χ4v) is 2.19. The van der Waals surface area contributed by atoms with Crippen molar-refractivity contribution in [1.29, 1.82) is 0 Å². The highest BCUT2D eigenvalue weighted by Gasteiger charge is 2.11. The van der Waals surface area contributed by atoms with Crippen LogP contribution in [0.4, 0.5) is 0 Å². The molecule has 4 heteroatoms. The van der Waals surface area contributed by atoms with Gasteiger partial charge in [-0.05, 0) is 36.8 Å². The summed E-state index contributed by atoms with van der Waals surface area (Å²) in [5, 5.41) is 9.46. The molecule has 1 aromatic carbocycles. The number of nitrogens with zero attached hydrogens (tertiary/aromatic N) is 3. The zero-order chi connectivity index (χ0) is 12.7. The molecule has 0 aliphatic carbocycles. The van der Waals surface area contributed by atoms with E-state index < -0.39 is 0 Å². The lowest BCUT2D eigenvalue weighted by molar-refractivity contribution is 0.475. The Labute approximate surface area is 105 Å². The lowest BCUT2D eigenvalue weighted by atomic mass is 10.1. The van der Waals surface area contributed by atoms with Crippen molar-refractivity contribution in [2.24, 2.45) is 7.05 Å². The van der Waals surface area contributed by atoms with Crippen LogP contribution in [0.15, 0.2) is 36.7 Å². The highest BCUT2D eigenvalue weighted by atomic mass is 16.3. The minimum atomic E-state index is 0.275. The minimum Gasteiger partial charge on any atom is -0.508 e. The Morgan fingerprint density at radius 3 is 2.78 bits per heavy atom. The molecular formula is C14H13N3O. The van der Waals surface area contributed by atoms with Gasteiger partial charge in [-0.2, -0.15) is 0 Å². The van der Waals surface area contributed by atoms with Crippen LogP contribution in [0.2, 0.25) is 0 Å². The highest BCUT2D eigenvalue weighted by molar-refractivity contribution is 5.80. The smallest absolute Gasteiger partial charge is 0.141 e. The second-order valence-corrected chi connectivity index (χ2v) is 4.36. The number of fused-ring (bicyclic) bond motifs is 1. The number of imidazole rings is 1. The van der Waals surface area contributed by atoms with Crippen LogP contribution in [-0.2, 0) is 7.05 Å². The summed E-state index contributed by atoms with van der Waals surface area (Å²) in [4.78, 5) is 8.67. The molecule has 0 unspecified atom stereocenters. The van der Waals surface area contributed by atoms with Crippen molar-refractivity contribution in [2.75, 3.05) is 0 Å². The van der Waals surface area contributed by atoms with Gasteiger partial charge in [-0.15, -0.1) is 0 Å². The van der Waals surface area contributed by atoms with Crippen LogP contribution in [0.25, 0.3) is 22.4 Å². The molecule has 90 valence electrons. The number of phenolic OH excluding ortho intramolecular Hbond substituents is 1. The number of pyridine rings is 1. The topological polar surface area (TPSA) is 50.9 Å². The summed E-state index contributed by atoms with van der Waals surface area (Å²) in [5.74, 6) is 1.16. The number of aromatic hydroxyl groups is 1. The molecule has 0 amide bonds. The van der Waals surface area contributed by atoms with Crippen molar-refractivity contribution < 1.29 is 5.11 Å². The number of phenols is 1. The van der Waals surface area contributed by atoms with E-state index in [-0.39, 0.29) is 5.75 Å². The monoisotopic (exact) mass is 239 g/mol. The highest BCUT2D eigenvalue weighted by Crippen LogP contribution is 2.27. The fourth-order valence-electron chi connectivity index (χ4n) is 2.19. The van der Waals surface area contributed by atoms with E-state index in [4.69, 9.17) is 0 Å². The van der Waals surface area contributed by atoms with E-state index in [0.29, 0.717) is 0 Å². The number of hydrogen-bond donors (Lipinski definition) is 1. The lowest BCUT2D eigenvalue weighted by Gasteiger charge is -2.06. The molecule has 0 bridgehead atoms. The SMILES string of the molecule is Cc1cc(O)ccc1-c1nc2cnccc2n1C. The number of hydrogen-bond acceptors (Lipinski definition) is 3. The van der Waals surface area contributed by atoms with Gasteiger partial charge in [0.05, 0.1) is 11.7 Å². The van der Waals surface area contributed by atoms with Crippen molar-refractivity contribution in [1.82, 2.24) is 14.5 Å². The normalized spacial score (nSPS) is 11.0. The Balaban J connectivity index is 2.28. The van der Waals surface area contributed by atoms with Gasteiger partial charge in [0, 0.05) is 18.8 Å². The van der Waals surface area contributed by atoms with Gasteiger partial charge in [-0.3, -0.25) is 4.98 Å². The summed E-state index contributed by atoms with van der Waals surface area (Å²) in [6, 6.07) is 7.26. The van der Waals surface area contributed by atoms with Crippen LogP contribution >= 0.6 is 0 Å². The van der Waals surface area contributed by atoms with E-state index in [0.717, 1.165) is 28.0 Å². The first-order valence-corrected chi connectivity index (χ1v) is 5.73. The average molecular weight is 239 g/mol. The molecule has 1 N–H and O–H groups in total. The molecule has 0 saturated heterocycles. The average Bonchev–Trinajstić information content (AvgIpc) is 2.68. The zero-order valence-corrected chi connectivity index (χ0v) is 10.3. The van der Waals surface area contributed by atoms with Crippen LogP contribution in [-0.4, -0.2) is 19.6 Å². The predicted molar refractivity (Wildman–Crippen MR) is 70.3 cm³/mol. The maximum atomic E-state index is 9.46. The van der Waals surface area contributed by atoms with Gasteiger partial charge in [0.15, 0.2) is 0 Å². The van der Waals surface area contributed by atoms with Crippen LogP contribution in [0.5, 0.6) is 5.75 Å². The third-order valence-corrected chi connectivity index (χ3v) is 3.13. The molecule has 0 aliphatic rings. The van der Waals surface area contributed by atoms with Crippen LogP contribution in [0.1, 0.15) is 5.56 Å². The summed E-state index contributed by atoms with van der Waals surface area (Å²) in [6.07, 6.45) is 3.52. The first kappa shape index (κ1) is 10.8. The Bertz CT molecular complexity index is 731. The summed E-state index contributed by atoms with van der Waals surface area (Å²) >= 11 is 0. The van der Waals surface area contributed by atoms with E-state index in [1.54, 1.807) is 24.5 Å². The zero-order valence-electron chi connectivity index (χ0n) is 10.3. The largest absolute Gasteiger partial charge is 0.508 e. The Kier molecular flexibility index (Phi) is 2.30. The van der Waals surface area contributed by atoms with Gasteiger partial charge in [0.1, 0.15) is 17.1 Å². The molecule has 0 aliphatic heterocycles. The van der Waals surface area contributed by atoms with Crippen molar-refractivity contribution in [3.63, 3.8) is 0 Å². The van der Waals surface area contributed by atoms with Gasteiger partial charge in [-0.1, -0.05) is 0 Å². The maximum absolute atomic E-state index is 9.46. The van der Waals surface area contributed by atoms with Crippen molar-refractivity contribution >= 4 is 11.0 Å². The van der Waals surface area contributed by atoms with Gasteiger partial charge in [0.25, 0.3) is 0 Å². The summed E-state index contributed by atoms with van der Waals surface area (Å²) in [5.41, 5.74) is 3.95. The van der Waals surface area contributed by atoms with Gasteiger partial charge < -0.3 is 9.67 Å². The van der Waals surface area contributed by atoms with Gasteiger partial charge in [0.2, 0.25) is 0 Å². The number of benzene rings is 1. The van der Waals surface area contributed by atoms with Gasteiger partial charge >= 0.3 is 0 Å². The first-order chi connectivity index (χ1) is 8.66. The third-order valence-electron chi connectivity index (χ3n) is 3.13. The van der Waals surface area contributed by atoms with Crippen molar-refractivity contribution in [2.45, 2.75) is 6.92 Å². The van der Waals surface area contributed by atoms with Crippen LogP contribution in [0.3, 0.4) is 0 Å². The summed E-state index contributed by atoms with van der Waals surface area (Å²) in [7, 11) is 1.98. The quantitative estimate of drug-likeness (QED) is 0.710. The van der Waals surface area contributed by atoms with Crippen molar-refractivity contribution in [3.05, 3.63) is 42.2 Å². The molecule has 18 heavy (non-hydrogen) atoms. The summed E-state index contributed by atoms with van der Waals surface area (Å²) in [6.45, 7) is 1.96. The van der Waals surface area contributed by atoms with E-state index in [2.05, 4.69) is 9.97 Å². The molecule has 2 aromatic heterocycles. The van der Waals surface area contributed by atoms with E-state index in [1.807, 2.05) is 30.7 Å². The molecule has 2 heterocycles. The van der Waals surface area contributed by atoms with E-state index in [1.165, 1.54) is 0 Å². The Hall–Kier alpha value is -2.36. The molecule has 0 atom stereocenters. The minimum absolute atomic E-state index is 0.275. The number of aromatic nitrogens is 3. The molecule has 0 saturated carbocycles. The lowest BCUT2D eigenvalue weighted by Crippen LogP contribution is -1.94. The standard InChI is InChI=1S/C14H13N3O/c1-9-7-10(18)3-4-11(9)14-16-12-8-15-6-5-13(12)17(14)2/h3-8,18H,1-2H3.